The number of aliphatic hydroxyl groups excluding tert-OH is 1. The van der Waals surface area contributed by atoms with Crippen molar-refractivity contribution in [3.05, 3.63) is 21.9 Å². The van der Waals surface area contributed by atoms with Gasteiger partial charge in [-0.1, -0.05) is 0 Å². The molecule has 0 saturated heterocycles. The largest absolute Gasteiger partial charge is 0.387 e. The van der Waals surface area contributed by atoms with Gasteiger partial charge in [0, 0.05) is 11.4 Å². The fourth-order valence-electron chi connectivity index (χ4n) is 0.867. The molecule has 0 saturated carbocycles. The van der Waals surface area contributed by atoms with Crippen molar-refractivity contribution >= 4 is 11.3 Å². The molecule has 0 radical (unpaired) electrons. The van der Waals surface area contributed by atoms with Gasteiger partial charge in [-0.15, -0.1) is 11.3 Å². The van der Waals surface area contributed by atoms with Gasteiger partial charge in [0.05, 0.1) is 6.10 Å². The van der Waals surface area contributed by atoms with Crippen LogP contribution in [0.5, 0.6) is 0 Å². The van der Waals surface area contributed by atoms with E-state index in [4.69, 9.17) is 5.73 Å². The summed E-state index contributed by atoms with van der Waals surface area (Å²) in [5.74, 6) is 0. The second-order valence-corrected chi connectivity index (χ2v) is 3.30. The van der Waals surface area contributed by atoms with Crippen molar-refractivity contribution in [2.24, 2.45) is 5.73 Å². The Hall–Kier alpha value is -0.380. The van der Waals surface area contributed by atoms with Crippen LogP contribution in [-0.4, -0.2) is 11.7 Å². The number of thiophene rings is 1. The van der Waals surface area contributed by atoms with Crippen molar-refractivity contribution in [3.8, 4) is 0 Å². The van der Waals surface area contributed by atoms with Crippen LogP contribution in [0.25, 0.3) is 0 Å². The molecule has 1 heterocycles. The summed E-state index contributed by atoms with van der Waals surface area (Å²) in [5, 5.41) is 11.2. The molecule has 1 atom stereocenters. The van der Waals surface area contributed by atoms with Gasteiger partial charge in [-0.05, 0) is 23.9 Å². The average Bonchev–Trinajstić information content (AvgIpc) is 2.34. The summed E-state index contributed by atoms with van der Waals surface area (Å²) in [7, 11) is 0. The van der Waals surface area contributed by atoms with Crippen LogP contribution in [-0.2, 0) is 0 Å². The van der Waals surface area contributed by atoms with Crippen molar-refractivity contribution in [2.45, 2.75) is 13.0 Å². The Labute approximate surface area is 64.3 Å². The van der Waals surface area contributed by atoms with Gasteiger partial charge in [0.25, 0.3) is 0 Å². The van der Waals surface area contributed by atoms with Gasteiger partial charge in [0.1, 0.15) is 0 Å². The van der Waals surface area contributed by atoms with Crippen LogP contribution in [0.4, 0.5) is 0 Å². The molecule has 2 nitrogen and oxygen atoms in total. The maximum Gasteiger partial charge on any atom is 0.0922 e. The molecule has 0 amide bonds. The zero-order valence-electron chi connectivity index (χ0n) is 5.87. The monoisotopic (exact) mass is 157 g/mol. The molecule has 3 N–H and O–H groups in total. The molecule has 10 heavy (non-hydrogen) atoms. The van der Waals surface area contributed by atoms with E-state index in [1.807, 2.05) is 18.4 Å². The smallest absolute Gasteiger partial charge is 0.0922 e. The van der Waals surface area contributed by atoms with Crippen LogP contribution in [0.2, 0.25) is 0 Å². The Bertz CT molecular complexity index is 209. The molecule has 0 aliphatic heterocycles. The number of aliphatic hydroxyl groups is 1. The minimum absolute atomic E-state index is 0.303. The predicted molar refractivity (Wildman–Crippen MR) is 43.1 cm³/mol. The van der Waals surface area contributed by atoms with Crippen molar-refractivity contribution in [2.75, 3.05) is 6.54 Å². The Morgan fingerprint density at radius 2 is 2.50 bits per heavy atom. The topological polar surface area (TPSA) is 46.2 Å². The molecule has 0 aliphatic carbocycles. The molecule has 1 aromatic heterocycles. The fraction of sp³-hybridized carbons (Fsp3) is 0.429. The third kappa shape index (κ3) is 1.37. The number of hydrogen-bond donors (Lipinski definition) is 2. The molecule has 56 valence electrons. The summed E-state index contributed by atoms with van der Waals surface area (Å²) in [6.45, 7) is 2.29. The van der Waals surface area contributed by atoms with Crippen molar-refractivity contribution in [3.63, 3.8) is 0 Å². The van der Waals surface area contributed by atoms with E-state index in [2.05, 4.69) is 0 Å². The highest BCUT2D eigenvalue weighted by Crippen LogP contribution is 2.21. The van der Waals surface area contributed by atoms with Gasteiger partial charge in [-0.25, -0.2) is 0 Å². The highest BCUT2D eigenvalue weighted by atomic mass is 32.1. The molecule has 0 spiro atoms. The minimum atomic E-state index is -0.480. The van der Waals surface area contributed by atoms with E-state index < -0.39 is 6.10 Å². The first-order valence-corrected chi connectivity index (χ1v) is 4.05. The highest BCUT2D eigenvalue weighted by molar-refractivity contribution is 7.10. The summed E-state index contributed by atoms with van der Waals surface area (Å²) in [5.41, 5.74) is 6.25. The highest BCUT2D eigenvalue weighted by Gasteiger charge is 2.07. The summed E-state index contributed by atoms with van der Waals surface area (Å²) >= 11 is 1.63. The lowest BCUT2D eigenvalue weighted by Gasteiger charge is -2.05. The number of rotatable bonds is 2. The van der Waals surface area contributed by atoms with Crippen LogP contribution in [0, 0.1) is 6.92 Å². The zero-order valence-corrected chi connectivity index (χ0v) is 6.69. The molecule has 1 rings (SSSR count). The standard InChI is InChI=1S/C7H11NOS/c1-5-6(2-3-10-5)7(9)4-8/h2-3,7,9H,4,8H2,1H3. The van der Waals surface area contributed by atoms with Gasteiger partial charge in [0.15, 0.2) is 0 Å². The average molecular weight is 157 g/mol. The van der Waals surface area contributed by atoms with Crippen LogP contribution >= 0.6 is 11.3 Å². The first-order chi connectivity index (χ1) is 4.75. The van der Waals surface area contributed by atoms with Crippen LogP contribution in [0.1, 0.15) is 16.5 Å². The molecule has 3 heteroatoms. The van der Waals surface area contributed by atoms with Gasteiger partial charge in [-0.3, -0.25) is 0 Å². The number of hydrogen-bond acceptors (Lipinski definition) is 3. The maximum atomic E-state index is 9.28. The van der Waals surface area contributed by atoms with E-state index >= 15 is 0 Å². The summed E-state index contributed by atoms with van der Waals surface area (Å²) in [6, 6.07) is 1.91. The van der Waals surface area contributed by atoms with Crippen LogP contribution in [0.3, 0.4) is 0 Å². The molecule has 1 unspecified atom stereocenters. The van der Waals surface area contributed by atoms with Gasteiger partial charge in [-0.2, -0.15) is 0 Å². The van der Waals surface area contributed by atoms with E-state index in [9.17, 15) is 5.11 Å². The minimum Gasteiger partial charge on any atom is -0.387 e. The van der Waals surface area contributed by atoms with Gasteiger partial charge in [0.2, 0.25) is 0 Å². The lowest BCUT2D eigenvalue weighted by Crippen LogP contribution is -2.11. The summed E-state index contributed by atoms with van der Waals surface area (Å²) < 4.78 is 0. The van der Waals surface area contributed by atoms with Gasteiger partial charge < -0.3 is 10.8 Å². The maximum absolute atomic E-state index is 9.28. The lowest BCUT2D eigenvalue weighted by atomic mass is 10.1. The van der Waals surface area contributed by atoms with Crippen molar-refractivity contribution in [1.29, 1.82) is 0 Å². The van der Waals surface area contributed by atoms with E-state index in [1.165, 1.54) is 0 Å². The molecular weight excluding hydrogens is 146 g/mol. The normalized spacial score (nSPS) is 13.5. The quantitative estimate of drug-likeness (QED) is 0.674. The Kier molecular flexibility index (Phi) is 2.43. The Balaban J connectivity index is 2.82. The SMILES string of the molecule is Cc1sccc1C(O)CN. The van der Waals surface area contributed by atoms with E-state index in [0.29, 0.717) is 6.54 Å². The number of aryl methyl sites for hydroxylation is 1. The Morgan fingerprint density at radius 1 is 1.80 bits per heavy atom. The van der Waals surface area contributed by atoms with Crippen LogP contribution < -0.4 is 5.73 Å². The lowest BCUT2D eigenvalue weighted by molar-refractivity contribution is 0.186. The Morgan fingerprint density at radius 3 is 2.90 bits per heavy atom. The first-order valence-electron chi connectivity index (χ1n) is 3.18. The zero-order chi connectivity index (χ0) is 7.56. The molecule has 0 aromatic carbocycles. The predicted octanol–water partition coefficient (Wildman–Crippen LogP) is 1.05. The third-order valence-electron chi connectivity index (χ3n) is 1.48. The van der Waals surface area contributed by atoms with Crippen molar-refractivity contribution < 1.29 is 5.11 Å². The van der Waals surface area contributed by atoms with Gasteiger partial charge >= 0.3 is 0 Å². The fourth-order valence-corrected chi connectivity index (χ4v) is 1.63. The molecule has 0 aliphatic rings. The second-order valence-electron chi connectivity index (χ2n) is 2.18. The number of nitrogens with two attached hydrogens (primary N) is 1. The molecular formula is C7H11NOS. The van der Waals surface area contributed by atoms with Crippen LogP contribution in [0.15, 0.2) is 11.4 Å². The van der Waals surface area contributed by atoms with E-state index in [-0.39, 0.29) is 0 Å². The van der Waals surface area contributed by atoms with E-state index in [0.717, 1.165) is 10.4 Å². The van der Waals surface area contributed by atoms with E-state index in [1.54, 1.807) is 11.3 Å². The summed E-state index contributed by atoms with van der Waals surface area (Å²) in [6.07, 6.45) is -0.480. The summed E-state index contributed by atoms with van der Waals surface area (Å²) in [4.78, 5) is 1.15. The molecule has 0 bridgehead atoms. The third-order valence-corrected chi connectivity index (χ3v) is 2.34. The molecule has 0 fully saturated rings. The molecule has 1 aromatic rings. The first kappa shape index (κ1) is 7.72. The van der Waals surface area contributed by atoms with Crippen molar-refractivity contribution in [1.82, 2.24) is 0 Å². The second kappa shape index (κ2) is 3.14.